The molecule has 1 aliphatic rings. The maximum absolute atomic E-state index is 12.4. The Morgan fingerprint density at radius 1 is 1.00 bits per heavy atom. The van der Waals surface area contributed by atoms with Gasteiger partial charge in [0.25, 0.3) is 5.91 Å². The largest absolute Gasteiger partial charge is 0.320 e. The van der Waals surface area contributed by atoms with Crippen LogP contribution in [0.3, 0.4) is 0 Å². The Bertz CT molecular complexity index is 944. The number of benzene rings is 2. The average molecular weight is 397 g/mol. The number of aromatic nitrogens is 1. The van der Waals surface area contributed by atoms with E-state index in [0.717, 1.165) is 26.4 Å². The van der Waals surface area contributed by atoms with Gasteiger partial charge in [-0.05, 0) is 54.6 Å². The lowest BCUT2D eigenvalue weighted by Crippen LogP contribution is -2.17. The lowest BCUT2D eigenvalue weighted by Gasteiger charge is -2.18. The minimum absolute atomic E-state index is 0.0674. The first-order valence-electron chi connectivity index (χ1n) is 7.44. The van der Waals surface area contributed by atoms with Crippen molar-refractivity contribution in [3.8, 4) is 5.69 Å². The molecule has 118 valence electrons. The van der Waals surface area contributed by atoms with Gasteiger partial charge in [-0.3, -0.25) is 4.79 Å². The maximum atomic E-state index is 12.4. The van der Waals surface area contributed by atoms with E-state index in [1.807, 2.05) is 72.9 Å². The van der Waals surface area contributed by atoms with E-state index in [-0.39, 0.29) is 5.91 Å². The molecule has 0 unspecified atom stereocenters. The number of hydrogen-bond donors (Lipinski definition) is 1. The molecule has 1 amide bonds. The second-order valence-electron chi connectivity index (χ2n) is 5.34. The van der Waals surface area contributed by atoms with Crippen LogP contribution in [0.25, 0.3) is 11.8 Å². The van der Waals surface area contributed by atoms with Crippen LogP contribution in [0.4, 0.5) is 5.69 Å². The lowest BCUT2D eigenvalue weighted by molar-refractivity contribution is -0.112. The maximum Gasteiger partial charge on any atom is 0.262 e. The summed E-state index contributed by atoms with van der Waals surface area (Å²) in [7, 11) is 0. The number of para-hydroxylation sites is 1. The monoisotopic (exact) mass is 396 g/mol. The topological polar surface area (TPSA) is 34.0 Å². The number of amides is 1. The van der Waals surface area contributed by atoms with Gasteiger partial charge in [-0.2, -0.15) is 0 Å². The molecule has 1 aliphatic heterocycles. The highest BCUT2D eigenvalue weighted by Gasteiger charge is 2.20. The van der Waals surface area contributed by atoms with Gasteiger partial charge in [0.2, 0.25) is 0 Å². The molecule has 0 saturated carbocycles. The molecular formula is C19H13BrN2OS. The predicted octanol–water partition coefficient (Wildman–Crippen LogP) is 5.33. The van der Waals surface area contributed by atoms with Crippen molar-refractivity contribution in [3.05, 3.63) is 81.9 Å². The van der Waals surface area contributed by atoms with Gasteiger partial charge in [-0.1, -0.05) is 39.8 Å². The Hall–Kier alpha value is -2.24. The van der Waals surface area contributed by atoms with Crippen LogP contribution >= 0.6 is 27.7 Å². The molecule has 1 aromatic heterocycles. The molecule has 0 fully saturated rings. The van der Waals surface area contributed by atoms with Gasteiger partial charge in [0, 0.05) is 26.9 Å². The zero-order valence-corrected chi connectivity index (χ0v) is 15.0. The van der Waals surface area contributed by atoms with Gasteiger partial charge in [0.05, 0.1) is 10.6 Å². The van der Waals surface area contributed by atoms with Crippen molar-refractivity contribution in [2.24, 2.45) is 0 Å². The number of halogens is 1. The van der Waals surface area contributed by atoms with Crippen LogP contribution in [0, 0.1) is 0 Å². The summed E-state index contributed by atoms with van der Waals surface area (Å²) in [6, 6.07) is 19.9. The summed E-state index contributed by atoms with van der Waals surface area (Å²) in [6.07, 6.45) is 3.92. The number of fused-ring (bicyclic) bond motifs is 1. The molecule has 0 bridgehead atoms. The van der Waals surface area contributed by atoms with Crippen LogP contribution in [0.15, 0.2) is 81.1 Å². The lowest BCUT2D eigenvalue weighted by atomic mass is 10.3. The zero-order chi connectivity index (χ0) is 16.5. The molecule has 3 nitrogen and oxygen atoms in total. The summed E-state index contributed by atoms with van der Waals surface area (Å²) in [5, 5.41) is 2.95. The van der Waals surface area contributed by atoms with Crippen molar-refractivity contribution in [2.45, 2.75) is 4.90 Å². The summed E-state index contributed by atoms with van der Waals surface area (Å²) >= 11 is 4.95. The van der Waals surface area contributed by atoms with Crippen molar-refractivity contribution < 1.29 is 4.79 Å². The molecule has 2 aromatic carbocycles. The third kappa shape index (κ3) is 2.92. The summed E-state index contributed by atoms with van der Waals surface area (Å²) < 4.78 is 3.10. The molecule has 0 radical (unpaired) electrons. The van der Waals surface area contributed by atoms with Crippen LogP contribution in [-0.2, 0) is 4.79 Å². The van der Waals surface area contributed by atoms with Crippen LogP contribution in [-0.4, -0.2) is 10.5 Å². The van der Waals surface area contributed by atoms with E-state index in [1.54, 1.807) is 0 Å². The molecule has 0 spiro atoms. The molecule has 0 saturated heterocycles. The van der Waals surface area contributed by atoms with Crippen LogP contribution < -0.4 is 5.32 Å². The van der Waals surface area contributed by atoms with E-state index in [4.69, 9.17) is 0 Å². The number of rotatable bonds is 2. The standard InChI is InChI=1S/C19H13BrN2OS/c20-13-7-9-14(10-8-13)22-11-3-4-15(22)12-18-19(23)21-16-5-1-2-6-17(16)24-18/h1-12H,(H,21,23)/b18-12-. The Morgan fingerprint density at radius 2 is 1.79 bits per heavy atom. The van der Waals surface area contributed by atoms with Crippen molar-refractivity contribution in [1.29, 1.82) is 0 Å². The first kappa shape index (κ1) is 15.3. The van der Waals surface area contributed by atoms with Gasteiger partial charge in [-0.25, -0.2) is 0 Å². The Kier molecular flexibility index (Phi) is 4.04. The van der Waals surface area contributed by atoms with E-state index in [0.29, 0.717) is 4.91 Å². The number of carbonyl (C=O) groups is 1. The van der Waals surface area contributed by atoms with Crippen LogP contribution in [0.1, 0.15) is 5.69 Å². The Balaban J connectivity index is 1.71. The minimum atomic E-state index is -0.0674. The average Bonchev–Trinajstić information content (AvgIpc) is 3.04. The van der Waals surface area contributed by atoms with Gasteiger partial charge in [-0.15, -0.1) is 0 Å². The Labute approximate surface area is 152 Å². The fourth-order valence-electron chi connectivity index (χ4n) is 2.59. The fourth-order valence-corrected chi connectivity index (χ4v) is 3.79. The van der Waals surface area contributed by atoms with Crippen LogP contribution in [0.2, 0.25) is 0 Å². The summed E-state index contributed by atoms with van der Waals surface area (Å²) in [5.41, 5.74) is 2.89. The second kappa shape index (κ2) is 6.34. The first-order chi connectivity index (χ1) is 11.7. The molecule has 1 N–H and O–H groups in total. The quantitative estimate of drug-likeness (QED) is 0.594. The van der Waals surface area contributed by atoms with Gasteiger partial charge < -0.3 is 9.88 Å². The minimum Gasteiger partial charge on any atom is -0.320 e. The molecular weight excluding hydrogens is 384 g/mol. The van der Waals surface area contributed by atoms with E-state index in [1.165, 1.54) is 11.8 Å². The number of anilines is 1. The number of thioether (sulfide) groups is 1. The molecule has 4 rings (SSSR count). The highest BCUT2D eigenvalue weighted by atomic mass is 79.9. The summed E-state index contributed by atoms with van der Waals surface area (Å²) in [4.78, 5) is 14.1. The normalized spacial score (nSPS) is 15.2. The number of carbonyl (C=O) groups excluding carboxylic acids is 1. The molecule has 0 aliphatic carbocycles. The highest BCUT2D eigenvalue weighted by molar-refractivity contribution is 9.10. The van der Waals surface area contributed by atoms with E-state index >= 15 is 0 Å². The number of nitrogens with zero attached hydrogens (tertiary/aromatic N) is 1. The molecule has 3 aromatic rings. The molecule has 2 heterocycles. The van der Waals surface area contributed by atoms with Crippen LogP contribution in [0.5, 0.6) is 0 Å². The van der Waals surface area contributed by atoms with Crippen molar-refractivity contribution in [3.63, 3.8) is 0 Å². The first-order valence-corrected chi connectivity index (χ1v) is 9.05. The predicted molar refractivity (Wildman–Crippen MR) is 102 cm³/mol. The third-order valence-corrected chi connectivity index (χ3v) is 5.37. The van der Waals surface area contributed by atoms with Gasteiger partial charge >= 0.3 is 0 Å². The summed E-state index contributed by atoms with van der Waals surface area (Å²) in [6.45, 7) is 0. The number of nitrogens with one attached hydrogen (secondary N) is 1. The van der Waals surface area contributed by atoms with E-state index < -0.39 is 0 Å². The molecule has 5 heteroatoms. The van der Waals surface area contributed by atoms with E-state index in [9.17, 15) is 4.79 Å². The van der Waals surface area contributed by atoms with E-state index in [2.05, 4.69) is 25.8 Å². The number of hydrogen-bond acceptors (Lipinski definition) is 2. The van der Waals surface area contributed by atoms with Crippen molar-refractivity contribution >= 4 is 45.4 Å². The van der Waals surface area contributed by atoms with Crippen molar-refractivity contribution in [2.75, 3.05) is 5.32 Å². The summed E-state index contributed by atoms with van der Waals surface area (Å²) in [5.74, 6) is -0.0674. The molecule has 24 heavy (non-hydrogen) atoms. The zero-order valence-electron chi connectivity index (χ0n) is 12.6. The van der Waals surface area contributed by atoms with Gasteiger partial charge in [0.1, 0.15) is 0 Å². The highest BCUT2D eigenvalue weighted by Crippen LogP contribution is 2.38. The fraction of sp³-hybridized carbons (Fsp3) is 0. The smallest absolute Gasteiger partial charge is 0.262 e. The second-order valence-corrected chi connectivity index (χ2v) is 7.34. The third-order valence-electron chi connectivity index (χ3n) is 3.74. The molecule has 0 atom stereocenters. The van der Waals surface area contributed by atoms with Crippen molar-refractivity contribution in [1.82, 2.24) is 4.57 Å². The SMILES string of the molecule is O=C1Nc2ccccc2S/C1=C\c1cccn1-c1ccc(Br)cc1. The Morgan fingerprint density at radius 3 is 2.62 bits per heavy atom. The van der Waals surface area contributed by atoms with Gasteiger partial charge in [0.15, 0.2) is 0 Å².